The largest absolute Gasteiger partial charge is 0.496 e. The number of H-pyrrole nitrogens is 2. The Balaban J connectivity index is 1.27. The van der Waals surface area contributed by atoms with E-state index >= 15 is 0 Å². The fourth-order valence-electron chi connectivity index (χ4n) is 12.1. The molecular formula is C43H52N4O5. The van der Waals surface area contributed by atoms with E-state index in [-0.39, 0.29) is 41.8 Å². The Labute approximate surface area is 306 Å². The number of methoxy groups -OCH3 is 3. The minimum Gasteiger partial charge on any atom is -0.496 e. The van der Waals surface area contributed by atoms with E-state index in [9.17, 15) is 9.59 Å². The molecule has 10 rings (SSSR count). The van der Waals surface area contributed by atoms with Crippen molar-refractivity contribution in [2.75, 3.05) is 48.0 Å². The van der Waals surface area contributed by atoms with Crippen LogP contribution in [0.25, 0.3) is 21.8 Å². The maximum absolute atomic E-state index is 14.2. The van der Waals surface area contributed by atoms with Crippen molar-refractivity contribution >= 4 is 33.7 Å². The van der Waals surface area contributed by atoms with E-state index in [0.717, 1.165) is 85.2 Å². The van der Waals surface area contributed by atoms with Crippen LogP contribution in [-0.2, 0) is 37.3 Å². The molecule has 52 heavy (non-hydrogen) atoms. The van der Waals surface area contributed by atoms with Gasteiger partial charge in [0.1, 0.15) is 11.2 Å². The van der Waals surface area contributed by atoms with Gasteiger partial charge >= 0.3 is 11.9 Å². The number of allylic oxidation sites excluding steroid dienone is 1. The second-order valence-electron chi connectivity index (χ2n) is 16.3. The minimum absolute atomic E-state index is 0.00122. The Bertz CT molecular complexity index is 2110. The minimum atomic E-state index is -0.725. The Morgan fingerprint density at radius 1 is 1.02 bits per heavy atom. The lowest BCUT2D eigenvalue weighted by Crippen LogP contribution is -2.67. The summed E-state index contributed by atoms with van der Waals surface area (Å²) in [5.74, 6) is 1.11. The van der Waals surface area contributed by atoms with Crippen LogP contribution in [0.1, 0.15) is 73.5 Å². The average Bonchev–Trinajstić information content (AvgIpc) is 3.69. The second-order valence-corrected chi connectivity index (χ2v) is 16.3. The highest BCUT2D eigenvalue weighted by Crippen LogP contribution is 2.56. The zero-order chi connectivity index (χ0) is 36.1. The first-order valence-electron chi connectivity index (χ1n) is 19.3. The summed E-state index contributed by atoms with van der Waals surface area (Å²) in [4.78, 5) is 40.8. The van der Waals surface area contributed by atoms with Gasteiger partial charge in [-0.15, -0.1) is 0 Å². The molecule has 274 valence electrons. The summed E-state index contributed by atoms with van der Waals surface area (Å²) in [6, 6.07) is 13.2. The van der Waals surface area contributed by atoms with Gasteiger partial charge in [0, 0.05) is 76.4 Å². The van der Waals surface area contributed by atoms with Gasteiger partial charge in [-0.05, 0) is 93.2 Å². The zero-order valence-electron chi connectivity index (χ0n) is 31.4. The van der Waals surface area contributed by atoms with Gasteiger partial charge in [-0.2, -0.15) is 0 Å². The molecule has 3 saturated heterocycles. The molecule has 2 aromatic heterocycles. The molecule has 6 heterocycles. The van der Waals surface area contributed by atoms with Gasteiger partial charge in [-0.25, -0.2) is 0 Å². The number of esters is 2. The molecule has 2 aliphatic carbocycles. The van der Waals surface area contributed by atoms with Crippen LogP contribution >= 0.6 is 0 Å². The third-order valence-electron chi connectivity index (χ3n) is 14.1. The number of carbonyl (C=O) groups excluding carboxylic acids is 2. The van der Waals surface area contributed by atoms with Crippen LogP contribution in [0.3, 0.4) is 0 Å². The highest BCUT2D eigenvalue weighted by molar-refractivity contribution is 5.93. The molecular weight excluding hydrogens is 652 g/mol. The number of rotatable bonds is 5. The fourth-order valence-corrected chi connectivity index (χ4v) is 12.1. The van der Waals surface area contributed by atoms with Gasteiger partial charge in [0.05, 0.1) is 27.2 Å². The standard InChI is InChI=1S/C43H52N4O5/c1-7-24-15-23-20-43(42(49)52-6)39-27(13-14-47(21-23)40(24)43)29-19-36(50-4)30(17-34(29)45-39)31-16-28-25(8-2)22-46(3)35(37(28)41(48)51-5)18-32-26-11-9-10-12-33(26)44-38(31)32/h8-12,17,19,23-24,28,31,35,37,40,44-45H,7,13-16,18,20-22H2,1-6H3/b25-8-/t23-,24+,28+,31-,35+,37?,40+,43-/m1/s1. The molecule has 9 nitrogen and oxygen atoms in total. The van der Waals surface area contributed by atoms with Crippen LogP contribution in [0.15, 0.2) is 48.0 Å². The van der Waals surface area contributed by atoms with Crippen LogP contribution in [-0.4, -0.2) is 91.8 Å². The molecule has 2 unspecified atom stereocenters. The van der Waals surface area contributed by atoms with Gasteiger partial charge in [0.25, 0.3) is 0 Å². The topological polar surface area (TPSA) is 99.9 Å². The number of para-hydroxylation sites is 1. The van der Waals surface area contributed by atoms with E-state index in [1.165, 1.54) is 41.3 Å². The molecule has 1 saturated carbocycles. The number of ether oxygens (including phenoxy) is 3. The molecule has 0 amide bonds. The van der Waals surface area contributed by atoms with E-state index < -0.39 is 5.41 Å². The first-order chi connectivity index (χ1) is 25.3. The summed E-state index contributed by atoms with van der Waals surface area (Å²) in [6.07, 6.45) is 7.59. The normalized spacial score (nSPS) is 33.2. The highest BCUT2D eigenvalue weighted by atomic mass is 16.5. The molecule has 6 aliphatic rings. The molecule has 0 spiro atoms. The van der Waals surface area contributed by atoms with Crippen LogP contribution in [0, 0.1) is 23.7 Å². The number of likely N-dealkylation sites (N-methyl/N-ethyl adjacent to an activating group) is 1. The monoisotopic (exact) mass is 704 g/mol. The smallest absolute Gasteiger partial charge is 0.319 e. The van der Waals surface area contributed by atoms with E-state index in [2.05, 4.69) is 83.1 Å². The summed E-state index contributed by atoms with van der Waals surface area (Å²) in [7, 11) is 6.99. The quantitative estimate of drug-likeness (QED) is 0.181. The Morgan fingerprint density at radius 2 is 1.85 bits per heavy atom. The van der Waals surface area contributed by atoms with Crippen molar-refractivity contribution in [1.29, 1.82) is 0 Å². The lowest BCUT2D eigenvalue weighted by molar-refractivity contribution is -0.162. The molecule has 2 N–H and O–H groups in total. The lowest BCUT2D eigenvalue weighted by atomic mass is 9.56. The summed E-state index contributed by atoms with van der Waals surface area (Å²) in [5.41, 5.74) is 8.48. The molecule has 6 bridgehead atoms. The fraction of sp³-hybridized carbons (Fsp3) is 0.535. The highest BCUT2D eigenvalue weighted by Gasteiger charge is 2.62. The van der Waals surface area contributed by atoms with Gasteiger partial charge in [0.15, 0.2) is 0 Å². The van der Waals surface area contributed by atoms with Crippen LogP contribution in [0.5, 0.6) is 5.75 Å². The number of fused-ring (bicyclic) bond motifs is 9. The number of piperidine rings is 3. The Kier molecular flexibility index (Phi) is 8.12. The maximum atomic E-state index is 14.2. The van der Waals surface area contributed by atoms with E-state index in [4.69, 9.17) is 14.2 Å². The van der Waals surface area contributed by atoms with Crippen LogP contribution in [0.4, 0.5) is 0 Å². The van der Waals surface area contributed by atoms with E-state index in [1.54, 1.807) is 14.2 Å². The van der Waals surface area contributed by atoms with Crippen molar-refractivity contribution in [1.82, 2.24) is 19.8 Å². The van der Waals surface area contributed by atoms with Crippen molar-refractivity contribution < 1.29 is 23.8 Å². The Morgan fingerprint density at radius 3 is 2.60 bits per heavy atom. The average molecular weight is 705 g/mol. The van der Waals surface area contributed by atoms with E-state index in [0.29, 0.717) is 11.8 Å². The molecule has 2 aromatic carbocycles. The zero-order valence-corrected chi connectivity index (χ0v) is 31.4. The number of aromatic amines is 2. The lowest BCUT2D eigenvalue weighted by Gasteiger charge is -2.57. The predicted octanol–water partition coefficient (Wildman–Crippen LogP) is 6.49. The van der Waals surface area contributed by atoms with Gasteiger partial charge in [-0.3, -0.25) is 19.4 Å². The number of carbonyl (C=O) groups is 2. The SMILES string of the molecule is C/C=C1/CN(C)[C@H]2Cc3c([nH]c4ccccc34)[C@@H](c3cc4[nH]c5c(c4cc3OC)CCN3C[C@@H]4C[C@H](CC)[C@H]3[C@@]5(C(=O)OC)C4)C[C@@H]1C2C(=O)OC. The number of aromatic nitrogens is 2. The number of benzene rings is 2. The van der Waals surface area contributed by atoms with Crippen LogP contribution in [0.2, 0.25) is 0 Å². The molecule has 4 aliphatic heterocycles. The maximum Gasteiger partial charge on any atom is 0.319 e. The summed E-state index contributed by atoms with van der Waals surface area (Å²) >= 11 is 0. The number of likely N-dealkylation sites (tertiary alicyclic amines) is 1. The number of nitrogens with one attached hydrogen (secondary N) is 2. The third kappa shape index (κ3) is 4.67. The van der Waals surface area contributed by atoms with E-state index in [1.807, 2.05) is 0 Å². The number of hydrogen-bond acceptors (Lipinski definition) is 7. The first-order valence-corrected chi connectivity index (χ1v) is 19.3. The summed E-state index contributed by atoms with van der Waals surface area (Å²) in [6.45, 7) is 7.17. The van der Waals surface area contributed by atoms with Crippen molar-refractivity contribution in [2.24, 2.45) is 23.7 Å². The van der Waals surface area contributed by atoms with Gasteiger partial charge in [0.2, 0.25) is 0 Å². The van der Waals surface area contributed by atoms with Crippen molar-refractivity contribution in [3.63, 3.8) is 0 Å². The van der Waals surface area contributed by atoms with Crippen LogP contribution < -0.4 is 4.74 Å². The second kappa shape index (κ2) is 12.5. The summed E-state index contributed by atoms with van der Waals surface area (Å²) < 4.78 is 17.6. The third-order valence-corrected chi connectivity index (χ3v) is 14.1. The van der Waals surface area contributed by atoms with Gasteiger partial charge in [-0.1, -0.05) is 43.2 Å². The molecule has 4 fully saturated rings. The van der Waals surface area contributed by atoms with Crippen molar-refractivity contribution in [3.8, 4) is 5.75 Å². The first kappa shape index (κ1) is 33.7. The molecule has 4 aromatic rings. The Hall–Kier alpha value is -4.08. The van der Waals surface area contributed by atoms with Crippen molar-refractivity contribution in [3.05, 3.63) is 76.1 Å². The predicted molar refractivity (Wildman–Crippen MR) is 202 cm³/mol. The molecule has 9 heteroatoms. The number of nitrogens with zero attached hydrogens (tertiary/aromatic N) is 2. The molecule has 0 radical (unpaired) electrons. The van der Waals surface area contributed by atoms with Crippen molar-refractivity contribution in [2.45, 2.75) is 75.8 Å². The summed E-state index contributed by atoms with van der Waals surface area (Å²) in [5, 5.41) is 2.32. The molecule has 9 atom stereocenters. The van der Waals surface area contributed by atoms with Gasteiger partial charge < -0.3 is 24.2 Å². The number of hydrogen-bond donors (Lipinski definition) is 2.